The van der Waals surface area contributed by atoms with Crippen molar-refractivity contribution in [2.24, 2.45) is 11.8 Å². The number of pyridine rings is 1. The molecule has 2 aliphatic heterocycles. The van der Waals surface area contributed by atoms with Crippen LogP contribution in [0.15, 0.2) is 42.6 Å². The number of nitrogens with zero attached hydrogens (tertiary/aromatic N) is 3. The minimum Gasteiger partial charge on any atom is -0.304 e. The van der Waals surface area contributed by atoms with Gasteiger partial charge in [-0.2, -0.15) is 10.5 Å². The number of piperidine rings is 2. The Morgan fingerprint density at radius 1 is 1.10 bits per heavy atom. The van der Waals surface area contributed by atoms with E-state index in [1.54, 1.807) is 12.3 Å². The summed E-state index contributed by atoms with van der Waals surface area (Å²) in [6, 6.07) is 16.4. The van der Waals surface area contributed by atoms with Crippen LogP contribution in [0.1, 0.15) is 43.4 Å². The molecule has 0 spiro atoms. The summed E-state index contributed by atoms with van der Waals surface area (Å²) in [5.74, 6) is 0.342. The van der Waals surface area contributed by atoms with Crippen molar-refractivity contribution in [2.45, 2.75) is 50.6 Å². The zero-order chi connectivity index (χ0) is 20.2. The number of fused-ring (bicyclic) bond motifs is 3. The maximum atomic E-state index is 12.8. The Morgan fingerprint density at radius 3 is 2.48 bits per heavy atom. The van der Waals surface area contributed by atoms with E-state index in [0.717, 1.165) is 29.5 Å². The Hall–Kier alpha value is -3.02. The topological polar surface area (TPSA) is 89.6 Å². The van der Waals surface area contributed by atoms with Gasteiger partial charge in [0.2, 0.25) is 0 Å². The second kappa shape index (κ2) is 8.55. The molecule has 29 heavy (non-hydrogen) atoms. The summed E-state index contributed by atoms with van der Waals surface area (Å²) in [4.78, 5) is 16.8. The number of aromatic nitrogens is 1. The van der Waals surface area contributed by atoms with Gasteiger partial charge in [0.25, 0.3) is 0 Å². The highest BCUT2D eigenvalue weighted by Crippen LogP contribution is 2.34. The molecule has 5 heteroatoms. The molecule has 2 atom stereocenters. The molecule has 3 heterocycles. The number of ketones is 1. The van der Waals surface area contributed by atoms with Gasteiger partial charge in [-0.15, -0.1) is 0 Å². The largest absolute Gasteiger partial charge is 0.304 e. The molecule has 5 rings (SSSR count). The van der Waals surface area contributed by atoms with Crippen LogP contribution in [0.25, 0.3) is 11.1 Å². The summed E-state index contributed by atoms with van der Waals surface area (Å²) < 4.78 is 0. The lowest BCUT2D eigenvalue weighted by atomic mass is 9.74. The number of nitriles is 2. The minimum atomic E-state index is -0.304. The number of nitrogens with one attached hydrogen (secondary N) is 1. The fourth-order valence-electron chi connectivity index (χ4n) is 4.69. The van der Waals surface area contributed by atoms with Crippen LogP contribution in [0.3, 0.4) is 0 Å². The smallest absolute Gasteiger partial charge is 0.151 e. The first-order valence-electron chi connectivity index (χ1n) is 10.3. The van der Waals surface area contributed by atoms with Gasteiger partial charge in [-0.05, 0) is 66.8 Å². The molecule has 2 saturated heterocycles. The highest BCUT2D eigenvalue weighted by Gasteiger charge is 2.39. The molecular weight excluding hydrogens is 360 g/mol. The van der Waals surface area contributed by atoms with Gasteiger partial charge in [-0.1, -0.05) is 24.3 Å². The molecule has 0 amide bonds. The summed E-state index contributed by atoms with van der Waals surface area (Å²) in [6.07, 6.45) is 7.14. The average molecular weight is 384 g/mol. The number of benzene rings is 1. The molecule has 3 fully saturated rings. The summed E-state index contributed by atoms with van der Waals surface area (Å²) in [5.41, 5.74) is 3.37. The molecule has 1 saturated carbocycles. The lowest BCUT2D eigenvalue weighted by Crippen LogP contribution is -2.56. The van der Waals surface area contributed by atoms with E-state index in [1.807, 2.05) is 30.3 Å². The van der Waals surface area contributed by atoms with Crippen LogP contribution in [0.4, 0.5) is 0 Å². The number of rotatable bonds is 6. The van der Waals surface area contributed by atoms with Gasteiger partial charge in [0, 0.05) is 18.7 Å². The molecule has 1 aliphatic carbocycles. The predicted molar refractivity (Wildman–Crippen MR) is 109 cm³/mol. The number of Topliss-reactive ketones (excluding diaryl/α,β-unsaturated/α-hetero) is 1. The molecule has 2 bridgehead atoms. The van der Waals surface area contributed by atoms with Gasteiger partial charge in [0.05, 0.1) is 18.0 Å². The van der Waals surface area contributed by atoms with E-state index in [9.17, 15) is 10.1 Å². The highest BCUT2D eigenvalue weighted by molar-refractivity contribution is 5.85. The van der Waals surface area contributed by atoms with E-state index in [1.165, 1.54) is 12.8 Å². The van der Waals surface area contributed by atoms with Crippen molar-refractivity contribution in [3.05, 3.63) is 53.9 Å². The normalized spacial score (nSPS) is 23.7. The second-order valence-electron chi connectivity index (χ2n) is 8.20. The number of hydrogen-bond donors (Lipinski definition) is 1. The number of carbonyl (C=O) groups excluding carboxylic acids is 1. The van der Waals surface area contributed by atoms with E-state index in [4.69, 9.17) is 5.26 Å². The minimum absolute atomic E-state index is 0.0539. The van der Waals surface area contributed by atoms with Crippen molar-refractivity contribution in [1.29, 1.82) is 10.5 Å². The molecule has 2 aromatic rings. The van der Waals surface area contributed by atoms with Crippen LogP contribution < -0.4 is 5.32 Å². The van der Waals surface area contributed by atoms with Crippen LogP contribution in [0, 0.1) is 34.5 Å². The van der Waals surface area contributed by atoms with E-state index >= 15 is 0 Å². The van der Waals surface area contributed by atoms with Crippen molar-refractivity contribution in [3.8, 4) is 23.3 Å². The quantitative estimate of drug-likeness (QED) is 0.818. The molecule has 5 nitrogen and oxygen atoms in total. The SMILES string of the molecule is N#Cc1cc(-c2ccc(C[C@@H](C#N)CC(=O)[C@H]3NC4CCC3CC4)cc2)ccn1. The molecule has 0 unspecified atom stereocenters. The Bertz CT molecular complexity index is 962. The molecule has 1 aromatic carbocycles. The lowest BCUT2D eigenvalue weighted by molar-refractivity contribution is -0.125. The van der Waals surface area contributed by atoms with Crippen molar-refractivity contribution in [2.75, 3.05) is 0 Å². The Labute approximate surface area is 171 Å². The van der Waals surface area contributed by atoms with Gasteiger partial charge < -0.3 is 5.32 Å². The van der Waals surface area contributed by atoms with Crippen molar-refractivity contribution >= 4 is 5.78 Å². The third kappa shape index (κ3) is 4.36. The van der Waals surface area contributed by atoms with Crippen molar-refractivity contribution in [1.82, 2.24) is 10.3 Å². The van der Waals surface area contributed by atoms with Crippen LogP contribution in [-0.4, -0.2) is 22.9 Å². The first kappa shape index (κ1) is 19.3. The van der Waals surface area contributed by atoms with Crippen molar-refractivity contribution < 1.29 is 4.79 Å². The number of hydrogen-bond acceptors (Lipinski definition) is 5. The van der Waals surface area contributed by atoms with Gasteiger partial charge in [0.1, 0.15) is 11.8 Å². The zero-order valence-corrected chi connectivity index (χ0v) is 16.3. The van der Waals surface area contributed by atoms with Crippen LogP contribution in [0.5, 0.6) is 0 Å². The molecule has 146 valence electrons. The van der Waals surface area contributed by atoms with E-state index in [0.29, 0.717) is 30.5 Å². The Morgan fingerprint density at radius 2 is 1.86 bits per heavy atom. The fraction of sp³-hybridized carbons (Fsp3) is 0.417. The monoisotopic (exact) mass is 384 g/mol. The van der Waals surface area contributed by atoms with E-state index < -0.39 is 0 Å². The van der Waals surface area contributed by atoms with Crippen LogP contribution in [-0.2, 0) is 11.2 Å². The molecular formula is C24H24N4O. The third-order valence-corrected chi connectivity index (χ3v) is 6.28. The average Bonchev–Trinajstić information content (AvgIpc) is 2.79. The third-order valence-electron chi connectivity index (χ3n) is 6.28. The Balaban J connectivity index is 1.39. The first-order valence-corrected chi connectivity index (χ1v) is 10.3. The van der Waals surface area contributed by atoms with Gasteiger partial charge in [0.15, 0.2) is 5.78 Å². The first-order chi connectivity index (χ1) is 14.2. The van der Waals surface area contributed by atoms with Crippen molar-refractivity contribution in [3.63, 3.8) is 0 Å². The maximum absolute atomic E-state index is 12.8. The summed E-state index contributed by atoms with van der Waals surface area (Å²) in [7, 11) is 0. The zero-order valence-electron chi connectivity index (χ0n) is 16.3. The Kier molecular flexibility index (Phi) is 5.69. The lowest BCUT2D eigenvalue weighted by Gasteiger charge is -2.43. The van der Waals surface area contributed by atoms with Crippen LogP contribution >= 0.6 is 0 Å². The second-order valence-corrected chi connectivity index (χ2v) is 8.20. The van der Waals surface area contributed by atoms with Gasteiger partial charge in [-0.25, -0.2) is 4.98 Å². The fourth-order valence-corrected chi connectivity index (χ4v) is 4.69. The van der Waals surface area contributed by atoms with E-state index in [-0.39, 0.29) is 17.7 Å². The molecule has 3 aliphatic rings. The molecule has 1 N–H and O–H groups in total. The molecule has 1 aromatic heterocycles. The highest BCUT2D eigenvalue weighted by atomic mass is 16.1. The van der Waals surface area contributed by atoms with E-state index in [2.05, 4.69) is 22.4 Å². The maximum Gasteiger partial charge on any atom is 0.151 e. The summed E-state index contributed by atoms with van der Waals surface area (Å²) in [6.45, 7) is 0. The number of carbonyl (C=O) groups is 1. The summed E-state index contributed by atoms with van der Waals surface area (Å²) in [5, 5.41) is 22.1. The van der Waals surface area contributed by atoms with Gasteiger partial charge in [-0.3, -0.25) is 4.79 Å². The molecule has 0 radical (unpaired) electrons. The summed E-state index contributed by atoms with van der Waals surface area (Å²) >= 11 is 0. The predicted octanol–water partition coefficient (Wildman–Crippen LogP) is 3.79. The standard InChI is InChI=1S/C24H24N4O/c25-14-17(12-23(29)24-19-5-7-21(28-24)8-6-19)11-16-1-3-18(4-2-16)20-9-10-27-22(13-20)15-26/h1-4,9-10,13,17,19,21,24,28H,5-8,11-12H2/t17-,19?,21?,24+/m1/s1. The van der Waals surface area contributed by atoms with Crippen LogP contribution in [0.2, 0.25) is 0 Å². The van der Waals surface area contributed by atoms with Gasteiger partial charge >= 0.3 is 0 Å².